The van der Waals surface area contributed by atoms with Gasteiger partial charge in [-0.1, -0.05) is 24.3 Å². The number of hydrogen-bond acceptors (Lipinski definition) is 4. The summed E-state index contributed by atoms with van der Waals surface area (Å²) in [6, 6.07) is 16.0. The van der Waals surface area contributed by atoms with Crippen molar-refractivity contribution in [2.75, 3.05) is 16.6 Å². The molecule has 1 aromatic carbocycles. The summed E-state index contributed by atoms with van der Waals surface area (Å²) in [7, 11) is 0. The molecule has 2 heterocycles. The number of hydrazone groups is 1. The van der Waals surface area contributed by atoms with Crippen LogP contribution in [0.2, 0.25) is 0 Å². The lowest BCUT2D eigenvalue weighted by Crippen LogP contribution is -2.26. The van der Waals surface area contributed by atoms with Crippen LogP contribution in [0.5, 0.6) is 0 Å². The van der Waals surface area contributed by atoms with Crippen LogP contribution in [0.15, 0.2) is 59.8 Å². The summed E-state index contributed by atoms with van der Waals surface area (Å²) >= 11 is 0. The molecule has 84 valence electrons. The Bertz CT molecular complexity index is 462. The van der Waals surface area contributed by atoms with Gasteiger partial charge in [-0.3, -0.25) is 4.90 Å². The molecule has 4 nitrogen and oxygen atoms in total. The average molecular weight is 224 g/mol. The molecule has 4 heteroatoms. The molecule has 0 saturated carbocycles. The molecule has 0 saturated heterocycles. The van der Waals surface area contributed by atoms with Crippen LogP contribution in [0.3, 0.4) is 0 Å². The molecule has 2 aromatic rings. The zero-order valence-corrected chi connectivity index (χ0v) is 9.27. The SMILES string of the molecule is C1=NN(c2ccccc2)CN1c1ccccn1. The molecule has 0 bridgehead atoms. The van der Waals surface area contributed by atoms with Crippen LogP contribution in [-0.2, 0) is 0 Å². The van der Waals surface area contributed by atoms with Crippen molar-refractivity contribution in [2.24, 2.45) is 5.10 Å². The number of hydrogen-bond donors (Lipinski definition) is 0. The molecule has 1 aromatic heterocycles. The summed E-state index contributed by atoms with van der Waals surface area (Å²) in [6.07, 6.45) is 3.59. The fourth-order valence-corrected chi connectivity index (χ4v) is 1.75. The van der Waals surface area contributed by atoms with Crippen molar-refractivity contribution < 1.29 is 0 Å². The molecule has 1 aliphatic rings. The van der Waals surface area contributed by atoms with E-state index in [1.54, 1.807) is 12.5 Å². The van der Waals surface area contributed by atoms with Crippen molar-refractivity contribution in [1.82, 2.24) is 4.98 Å². The third-order valence-corrected chi connectivity index (χ3v) is 2.61. The third-order valence-electron chi connectivity index (χ3n) is 2.61. The van der Waals surface area contributed by atoms with Gasteiger partial charge in [0.05, 0.1) is 5.69 Å². The van der Waals surface area contributed by atoms with Crippen LogP contribution in [0.1, 0.15) is 0 Å². The number of anilines is 2. The first kappa shape index (κ1) is 9.84. The largest absolute Gasteiger partial charge is 0.295 e. The monoisotopic (exact) mass is 224 g/mol. The Hall–Kier alpha value is -2.36. The Morgan fingerprint density at radius 2 is 1.76 bits per heavy atom. The van der Waals surface area contributed by atoms with Crippen LogP contribution >= 0.6 is 0 Å². The van der Waals surface area contributed by atoms with E-state index in [0.29, 0.717) is 6.67 Å². The molecule has 0 aliphatic carbocycles. The molecule has 0 spiro atoms. The maximum absolute atomic E-state index is 4.36. The maximum atomic E-state index is 4.36. The molecule has 0 radical (unpaired) electrons. The minimum atomic E-state index is 0.695. The first-order valence-electron chi connectivity index (χ1n) is 5.48. The van der Waals surface area contributed by atoms with Crippen LogP contribution in [0, 0.1) is 0 Å². The molecule has 0 fully saturated rings. The van der Waals surface area contributed by atoms with Crippen LogP contribution < -0.4 is 9.91 Å². The van der Waals surface area contributed by atoms with E-state index in [2.05, 4.69) is 10.1 Å². The Balaban J connectivity index is 1.78. The van der Waals surface area contributed by atoms with Crippen molar-refractivity contribution in [3.8, 4) is 0 Å². The van der Waals surface area contributed by atoms with Gasteiger partial charge in [-0.15, -0.1) is 0 Å². The molecule has 17 heavy (non-hydrogen) atoms. The highest BCUT2D eigenvalue weighted by Crippen LogP contribution is 2.19. The summed E-state index contributed by atoms with van der Waals surface area (Å²) in [6.45, 7) is 0.695. The van der Waals surface area contributed by atoms with E-state index < -0.39 is 0 Å². The van der Waals surface area contributed by atoms with Crippen molar-refractivity contribution in [2.45, 2.75) is 0 Å². The van der Waals surface area contributed by atoms with Crippen LogP contribution in [0.25, 0.3) is 0 Å². The normalized spacial score (nSPS) is 14.4. The van der Waals surface area contributed by atoms with E-state index in [4.69, 9.17) is 0 Å². The second-order valence-electron chi connectivity index (χ2n) is 3.77. The molecule has 0 atom stereocenters. The summed E-state index contributed by atoms with van der Waals surface area (Å²) in [5.41, 5.74) is 1.09. The zero-order chi connectivity index (χ0) is 11.5. The van der Waals surface area contributed by atoms with Gasteiger partial charge in [-0.25, -0.2) is 9.99 Å². The van der Waals surface area contributed by atoms with Gasteiger partial charge in [0, 0.05) is 6.20 Å². The van der Waals surface area contributed by atoms with Gasteiger partial charge in [-0.05, 0) is 24.3 Å². The lowest BCUT2D eigenvalue weighted by Gasteiger charge is -2.17. The van der Waals surface area contributed by atoms with E-state index in [1.807, 2.05) is 58.4 Å². The first-order chi connectivity index (χ1) is 8.43. The van der Waals surface area contributed by atoms with Gasteiger partial charge in [-0.2, -0.15) is 5.10 Å². The molecular formula is C13H12N4. The minimum absolute atomic E-state index is 0.695. The van der Waals surface area contributed by atoms with Gasteiger partial charge in [0.1, 0.15) is 18.8 Å². The Morgan fingerprint density at radius 3 is 2.53 bits per heavy atom. The van der Waals surface area contributed by atoms with Crippen LogP contribution in [-0.4, -0.2) is 18.0 Å². The molecule has 0 amide bonds. The number of aromatic nitrogens is 1. The van der Waals surface area contributed by atoms with Crippen molar-refractivity contribution in [3.63, 3.8) is 0 Å². The van der Waals surface area contributed by atoms with E-state index in [1.165, 1.54) is 0 Å². The standard InChI is InChI=1S/C13H12N4/c1-2-6-12(7-3-1)17-11-16(10-15-17)13-8-4-5-9-14-13/h1-10H,11H2. The fraction of sp³-hybridized carbons (Fsp3) is 0.0769. The molecule has 0 unspecified atom stereocenters. The predicted molar refractivity (Wildman–Crippen MR) is 69.0 cm³/mol. The Kier molecular flexibility index (Phi) is 2.46. The second-order valence-corrected chi connectivity index (χ2v) is 3.77. The highest BCUT2D eigenvalue weighted by Gasteiger charge is 2.16. The summed E-state index contributed by atoms with van der Waals surface area (Å²) in [5.74, 6) is 0.912. The maximum Gasteiger partial charge on any atom is 0.135 e. The lowest BCUT2D eigenvalue weighted by molar-refractivity contribution is 0.903. The highest BCUT2D eigenvalue weighted by molar-refractivity contribution is 5.81. The quantitative estimate of drug-likeness (QED) is 0.784. The molecule has 0 N–H and O–H groups in total. The van der Waals surface area contributed by atoms with Crippen LogP contribution in [0.4, 0.5) is 11.5 Å². The fourth-order valence-electron chi connectivity index (χ4n) is 1.75. The highest BCUT2D eigenvalue weighted by atomic mass is 15.6. The number of benzene rings is 1. The van der Waals surface area contributed by atoms with E-state index >= 15 is 0 Å². The van der Waals surface area contributed by atoms with Crippen molar-refractivity contribution in [3.05, 3.63) is 54.7 Å². The molecule has 1 aliphatic heterocycles. The molecule has 3 rings (SSSR count). The second kappa shape index (κ2) is 4.25. The van der Waals surface area contributed by atoms with E-state index in [9.17, 15) is 0 Å². The van der Waals surface area contributed by atoms with Crippen molar-refractivity contribution in [1.29, 1.82) is 0 Å². The van der Waals surface area contributed by atoms with Gasteiger partial charge >= 0.3 is 0 Å². The summed E-state index contributed by atoms with van der Waals surface area (Å²) in [4.78, 5) is 6.30. The zero-order valence-electron chi connectivity index (χ0n) is 9.27. The van der Waals surface area contributed by atoms with Gasteiger partial charge in [0.25, 0.3) is 0 Å². The van der Waals surface area contributed by atoms with E-state index in [0.717, 1.165) is 11.5 Å². The smallest absolute Gasteiger partial charge is 0.135 e. The summed E-state index contributed by atoms with van der Waals surface area (Å²) in [5, 5.41) is 6.30. The molecular weight excluding hydrogens is 212 g/mol. The Morgan fingerprint density at radius 1 is 0.941 bits per heavy atom. The van der Waals surface area contributed by atoms with Gasteiger partial charge in [0.15, 0.2) is 0 Å². The average Bonchev–Trinajstić information content (AvgIpc) is 2.90. The van der Waals surface area contributed by atoms with Crippen molar-refractivity contribution >= 4 is 17.8 Å². The van der Waals surface area contributed by atoms with Gasteiger partial charge < -0.3 is 0 Å². The summed E-state index contributed by atoms with van der Waals surface area (Å²) < 4.78 is 0. The number of rotatable bonds is 2. The lowest BCUT2D eigenvalue weighted by atomic mass is 10.3. The predicted octanol–water partition coefficient (Wildman–Crippen LogP) is 2.31. The Labute approximate surface area is 99.8 Å². The minimum Gasteiger partial charge on any atom is -0.295 e. The number of nitrogens with zero attached hydrogens (tertiary/aromatic N) is 4. The third kappa shape index (κ3) is 1.97. The topological polar surface area (TPSA) is 31.7 Å². The van der Waals surface area contributed by atoms with E-state index in [-0.39, 0.29) is 0 Å². The van der Waals surface area contributed by atoms with Gasteiger partial charge in [0.2, 0.25) is 0 Å². The number of pyridine rings is 1. The first-order valence-corrected chi connectivity index (χ1v) is 5.48. The number of para-hydroxylation sites is 1.